The minimum absolute atomic E-state index is 0.190. The summed E-state index contributed by atoms with van der Waals surface area (Å²) in [5.74, 6) is 1.26. The molecule has 0 spiro atoms. The molecule has 0 aliphatic carbocycles. The van der Waals surface area contributed by atoms with Gasteiger partial charge in [0.2, 0.25) is 0 Å². The van der Waals surface area contributed by atoms with Crippen molar-refractivity contribution >= 4 is 73.9 Å². The summed E-state index contributed by atoms with van der Waals surface area (Å²) in [6.07, 6.45) is 0. The molecular weight excluding hydrogens is 433 g/mol. The predicted molar refractivity (Wildman–Crippen MR) is 85.8 cm³/mol. The lowest BCUT2D eigenvalue weighted by molar-refractivity contribution is 0.360. The molecule has 104 valence electrons. The highest BCUT2D eigenvalue weighted by atomic mass is 79.9. The molecule has 1 aliphatic heterocycles. The van der Waals surface area contributed by atoms with E-state index in [1.165, 1.54) is 12.1 Å². The Bertz CT molecular complexity index is 686. The van der Waals surface area contributed by atoms with Gasteiger partial charge in [-0.1, -0.05) is 58.0 Å². The average Bonchev–Trinajstić information content (AvgIpc) is 2.43. The summed E-state index contributed by atoms with van der Waals surface area (Å²) in [4.78, 5) is 0. The second-order valence-electron chi connectivity index (χ2n) is 3.83. The van der Waals surface area contributed by atoms with Crippen LogP contribution in [0.15, 0.2) is 16.6 Å². The van der Waals surface area contributed by atoms with Crippen LogP contribution in [0, 0.1) is 0 Å². The number of halogens is 6. The van der Waals surface area contributed by atoms with Crippen molar-refractivity contribution in [1.82, 2.24) is 0 Å². The molecule has 0 aromatic heterocycles. The number of hydrogen-bond acceptors (Lipinski definition) is 2. The molecule has 2 aromatic carbocycles. The number of rotatable bonds is 0. The highest BCUT2D eigenvalue weighted by Crippen LogP contribution is 2.57. The standard InChI is InChI=1S/C12H2BrCl5O2/c13-7-8(16)10(18)12-11(9(7)17)19-5-1-3(14)4(15)2-6(5)20-12/h1-2H. The summed E-state index contributed by atoms with van der Waals surface area (Å²) < 4.78 is 11.8. The predicted octanol–water partition coefficient (Wildman–Crippen LogP) is 7.61. The SMILES string of the molecule is Clc1cc2c(cc1Cl)Oc1c(Cl)c(Br)c(Cl)c(Cl)c1O2. The fraction of sp³-hybridized carbons (Fsp3) is 0. The van der Waals surface area contributed by atoms with E-state index in [0.29, 0.717) is 26.0 Å². The quantitative estimate of drug-likeness (QED) is 0.267. The van der Waals surface area contributed by atoms with Gasteiger partial charge < -0.3 is 9.47 Å². The molecule has 1 heterocycles. The highest BCUT2D eigenvalue weighted by molar-refractivity contribution is 9.10. The van der Waals surface area contributed by atoms with E-state index >= 15 is 0 Å². The van der Waals surface area contributed by atoms with Gasteiger partial charge in [-0.2, -0.15) is 0 Å². The van der Waals surface area contributed by atoms with Crippen LogP contribution < -0.4 is 9.47 Å². The zero-order chi connectivity index (χ0) is 14.6. The van der Waals surface area contributed by atoms with Crippen LogP contribution >= 0.6 is 73.9 Å². The summed E-state index contributed by atoms with van der Waals surface area (Å²) in [7, 11) is 0. The van der Waals surface area contributed by atoms with Crippen molar-refractivity contribution in [2.75, 3.05) is 0 Å². The largest absolute Gasteiger partial charge is 0.448 e. The van der Waals surface area contributed by atoms with Gasteiger partial charge in [0.25, 0.3) is 0 Å². The Labute approximate surface area is 147 Å². The lowest BCUT2D eigenvalue weighted by Gasteiger charge is -2.24. The average molecular weight is 435 g/mol. The first-order valence-corrected chi connectivity index (χ1v) is 7.79. The van der Waals surface area contributed by atoms with Crippen LogP contribution in [0.2, 0.25) is 25.1 Å². The van der Waals surface area contributed by atoms with Crippen molar-refractivity contribution in [2.45, 2.75) is 0 Å². The lowest BCUT2D eigenvalue weighted by Crippen LogP contribution is -2.01. The van der Waals surface area contributed by atoms with Crippen LogP contribution in [0.1, 0.15) is 0 Å². The molecule has 0 atom stereocenters. The minimum atomic E-state index is 0.190. The molecule has 0 fully saturated rings. The van der Waals surface area contributed by atoms with Crippen molar-refractivity contribution in [3.63, 3.8) is 0 Å². The highest BCUT2D eigenvalue weighted by Gasteiger charge is 2.29. The molecule has 2 nitrogen and oxygen atoms in total. The zero-order valence-corrected chi connectivity index (χ0v) is 14.6. The van der Waals surface area contributed by atoms with Crippen molar-refractivity contribution in [2.24, 2.45) is 0 Å². The van der Waals surface area contributed by atoms with E-state index < -0.39 is 0 Å². The third kappa shape index (κ3) is 2.25. The van der Waals surface area contributed by atoms with E-state index in [2.05, 4.69) is 15.9 Å². The van der Waals surface area contributed by atoms with E-state index in [-0.39, 0.29) is 26.6 Å². The molecule has 3 rings (SSSR count). The van der Waals surface area contributed by atoms with Gasteiger partial charge in [0, 0.05) is 12.1 Å². The zero-order valence-electron chi connectivity index (χ0n) is 9.24. The van der Waals surface area contributed by atoms with Crippen LogP contribution in [-0.4, -0.2) is 0 Å². The van der Waals surface area contributed by atoms with E-state index in [9.17, 15) is 0 Å². The first-order valence-electron chi connectivity index (χ1n) is 5.11. The van der Waals surface area contributed by atoms with Gasteiger partial charge in [0.1, 0.15) is 10.0 Å². The van der Waals surface area contributed by atoms with Crippen molar-refractivity contribution in [3.05, 3.63) is 41.7 Å². The van der Waals surface area contributed by atoms with Gasteiger partial charge in [0.05, 0.1) is 19.5 Å². The molecule has 1 aliphatic rings. The summed E-state index contributed by atoms with van der Waals surface area (Å²) in [6, 6.07) is 3.07. The number of benzene rings is 2. The molecule has 0 unspecified atom stereocenters. The first kappa shape index (κ1) is 14.9. The van der Waals surface area contributed by atoms with E-state index in [4.69, 9.17) is 67.5 Å². The normalized spacial score (nSPS) is 12.3. The maximum atomic E-state index is 6.17. The van der Waals surface area contributed by atoms with Gasteiger partial charge in [0.15, 0.2) is 23.0 Å². The third-order valence-corrected chi connectivity index (χ3v) is 5.76. The number of fused-ring (bicyclic) bond motifs is 2. The smallest absolute Gasteiger partial charge is 0.191 e. The molecule has 0 radical (unpaired) electrons. The molecule has 0 amide bonds. The second kappa shape index (κ2) is 5.31. The molecular formula is C12H2BrCl5O2. The summed E-state index contributed by atoms with van der Waals surface area (Å²) in [5, 5.41) is 1.36. The first-order chi connectivity index (χ1) is 9.40. The Kier molecular flexibility index (Phi) is 3.95. The van der Waals surface area contributed by atoms with Crippen molar-refractivity contribution in [1.29, 1.82) is 0 Å². The number of hydrogen-bond donors (Lipinski definition) is 0. The topological polar surface area (TPSA) is 18.5 Å². The van der Waals surface area contributed by atoms with E-state index in [0.717, 1.165) is 0 Å². The Balaban J connectivity index is 2.23. The Morgan fingerprint density at radius 1 is 0.700 bits per heavy atom. The molecule has 0 bridgehead atoms. The fourth-order valence-electron chi connectivity index (χ4n) is 1.66. The second-order valence-corrected chi connectivity index (χ2v) is 6.57. The Hall–Kier alpha value is -0.0300. The van der Waals surface area contributed by atoms with Gasteiger partial charge >= 0.3 is 0 Å². The molecule has 0 saturated heterocycles. The van der Waals surface area contributed by atoms with Crippen molar-refractivity contribution < 1.29 is 9.47 Å². The maximum Gasteiger partial charge on any atom is 0.191 e. The van der Waals surface area contributed by atoms with Gasteiger partial charge in [-0.05, 0) is 15.9 Å². The summed E-state index contributed by atoms with van der Waals surface area (Å²) in [6.45, 7) is 0. The Morgan fingerprint density at radius 2 is 1.15 bits per heavy atom. The molecule has 8 heteroatoms. The van der Waals surface area contributed by atoms with E-state index in [1.807, 2.05) is 0 Å². The van der Waals surface area contributed by atoms with Gasteiger partial charge in [-0.3, -0.25) is 0 Å². The number of ether oxygens (including phenoxy) is 2. The van der Waals surface area contributed by atoms with Crippen LogP contribution in [0.5, 0.6) is 23.0 Å². The summed E-state index contributed by atoms with van der Waals surface area (Å²) in [5.41, 5.74) is 0. The van der Waals surface area contributed by atoms with Crippen LogP contribution in [0.3, 0.4) is 0 Å². The van der Waals surface area contributed by atoms with Crippen LogP contribution in [-0.2, 0) is 0 Å². The van der Waals surface area contributed by atoms with Gasteiger partial charge in [-0.15, -0.1) is 0 Å². The minimum Gasteiger partial charge on any atom is -0.448 e. The van der Waals surface area contributed by atoms with Gasteiger partial charge in [-0.25, -0.2) is 0 Å². The molecule has 20 heavy (non-hydrogen) atoms. The van der Waals surface area contributed by atoms with Crippen molar-refractivity contribution in [3.8, 4) is 23.0 Å². The van der Waals surface area contributed by atoms with Crippen LogP contribution in [0.4, 0.5) is 0 Å². The third-order valence-electron chi connectivity index (χ3n) is 2.59. The Morgan fingerprint density at radius 3 is 1.65 bits per heavy atom. The monoisotopic (exact) mass is 432 g/mol. The van der Waals surface area contributed by atoms with Crippen LogP contribution in [0.25, 0.3) is 0 Å². The fourth-order valence-corrected chi connectivity index (χ4v) is 3.13. The lowest BCUT2D eigenvalue weighted by atomic mass is 10.2. The molecule has 2 aromatic rings. The van der Waals surface area contributed by atoms with E-state index in [1.54, 1.807) is 0 Å². The maximum absolute atomic E-state index is 6.17. The molecule has 0 N–H and O–H groups in total. The summed E-state index contributed by atoms with van der Waals surface area (Å²) >= 11 is 33.5. The molecule has 0 saturated carbocycles.